The average molecular weight is 202 g/mol. The van der Waals surface area contributed by atoms with Crippen LogP contribution in [0, 0.1) is 0 Å². The van der Waals surface area contributed by atoms with E-state index in [9.17, 15) is 0 Å². The van der Waals surface area contributed by atoms with Gasteiger partial charge in [-0.2, -0.15) is 0 Å². The van der Waals surface area contributed by atoms with Crippen molar-refractivity contribution < 1.29 is 0 Å². The molecular formula is C11H10N2S. The summed E-state index contributed by atoms with van der Waals surface area (Å²) in [4.78, 5) is 5.21. The van der Waals surface area contributed by atoms with Gasteiger partial charge in [-0.15, -0.1) is 0 Å². The van der Waals surface area contributed by atoms with Crippen LogP contribution in [-0.4, -0.2) is 4.98 Å². The molecule has 0 atom stereocenters. The molecule has 0 saturated heterocycles. The minimum absolute atomic E-state index is 1.02. The van der Waals surface area contributed by atoms with Gasteiger partial charge in [-0.05, 0) is 36.2 Å². The number of rotatable bonds is 3. The summed E-state index contributed by atoms with van der Waals surface area (Å²) in [5.74, 6) is 0. The maximum atomic E-state index is 4.02. The standard InChI is InChI=1S/C11H10N2S/c1-2-6-11(7-3-1)14-13-10-5-4-8-12-9-10/h1-9,13H. The van der Waals surface area contributed by atoms with Crippen LogP contribution >= 0.6 is 11.9 Å². The van der Waals surface area contributed by atoms with Crippen LogP contribution in [0.25, 0.3) is 0 Å². The highest BCUT2D eigenvalue weighted by atomic mass is 32.2. The molecular weight excluding hydrogens is 192 g/mol. The number of pyridine rings is 1. The summed E-state index contributed by atoms with van der Waals surface area (Å²) in [6.07, 6.45) is 3.56. The van der Waals surface area contributed by atoms with Gasteiger partial charge >= 0.3 is 0 Å². The average Bonchev–Trinajstić information content (AvgIpc) is 2.29. The molecule has 0 aliphatic carbocycles. The Morgan fingerprint density at radius 2 is 1.86 bits per heavy atom. The second kappa shape index (κ2) is 4.67. The van der Waals surface area contributed by atoms with E-state index in [1.54, 1.807) is 24.3 Å². The molecule has 2 aromatic rings. The molecule has 2 nitrogen and oxygen atoms in total. The molecule has 0 radical (unpaired) electrons. The van der Waals surface area contributed by atoms with Gasteiger partial charge < -0.3 is 4.72 Å². The lowest BCUT2D eigenvalue weighted by Gasteiger charge is -2.03. The van der Waals surface area contributed by atoms with Gasteiger partial charge in [-0.1, -0.05) is 18.2 Å². The molecule has 0 aliphatic rings. The fraction of sp³-hybridized carbons (Fsp3) is 0. The van der Waals surface area contributed by atoms with Crippen LogP contribution in [0.2, 0.25) is 0 Å². The van der Waals surface area contributed by atoms with Gasteiger partial charge in [0.05, 0.1) is 11.9 Å². The number of aromatic nitrogens is 1. The van der Waals surface area contributed by atoms with Crippen LogP contribution in [0.5, 0.6) is 0 Å². The van der Waals surface area contributed by atoms with E-state index in [1.165, 1.54) is 4.90 Å². The van der Waals surface area contributed by atoms with Gasteiger partial charge in [0.2, 0.25) is 0 Å². The first-order chi connectivity index (χ1) is 6.95. The van der Waals surface area contributed by atoms with Crippen molar-refractivity contribution >= 4 is 17.6 Å². The number of anilines is 1. The summed E-state index contributed by atoms with van der Waals surface area (Å²) >= 11 is 1.58. The van der Waals surface area contributed by atoms with Gasteiger partial charge in [-0.3, -0.25) is 4.98 Å². The third-order valence-electron chi connectivity index (χ3n) is 1.69. The molecule has 0 bridgehead atoms. The Morgan fingerprint density at radius 1 is 1.00 bits per heavy atom. The number of hydrogen-bond acceptors (Lipinski definition) is 3. The Bertz CT molecular complexity index is 336. The van der Waals surface area contributed by atoms with Gasteiger partial charge in [0.25, 0.3) is 0 Å². The monoisotopic (exact) mass is 202 g/mol. The van der Waals surface area contributed by atoms with Crippen LogP contribution in [0.15, 0.2) is 59.8 Å². The van der Waals surface area contributed by atoms with Crippen LogP contribution in [0.3, 0.4) is 0 Å². The summed E-state index contributed by atoms with van der Waals surface area (Å²) in [5, 5.41) is 0. The summed E-state index contributed by atoms with van der Waals surface area (Å²) in [6.45, 7) is 0. The molecule has 2 rings (SSSR count). The molecule has 0 fully saturated rings. The topological polar surface area (TPSA) is 24.9 Å². The molecule has 0 saturated carbocycles. The molecule has 1 aromatic carbocycles. The predicted octanol–water partition coefficient (Wildman–Crippen LogP) is 3.20. The minimum atomic E-state index is 1.02. The molecule has 14 heavy (non-hydrogen) atoms. The van der Waals surface area contributed by atoms with Crippen molar-refractivity contribution in [1.82, 2.24) is 4.98 Å². The third kappa shape index (κ3) is 2.50. The molecule has 1 aromatic heterocycles. The van der Waals surface area contributed by atoms with Crippen LogP contribution < -0.4 is 4.72 Å². The van der Waals surface area contributed by atoms with Crippen LogP contribution in [-0.2, 0) is 0 Å². The zero-order valence-corrected chi connectivity index (χ0v) is 8.37. The molecule has 0 spiro atoms. The number of benzene rings is 1. The van der Waals surface area contributed by atoms with Crippen molar-refractivity contribution in [3.63, 3.8) is 0 Å². The lowest BCUT2D eigenvalue weighted by Crippen LogP contribution is -1.86. The highest BCUT2D eigenvalue weighted by Crippen LogP contribution is 2.19. The lowest BCUT2D eigenvalue weighted by atomic mass is 10.4. The normalized spacial score (nSPS) is 9.71. The first-order valence-electron chi connectivity index (χ1n) is 4.33. The number of hydrogen-bond donors (Lipinski definition) is 1. The Morgan fingerprint density at radius 3 is 2.57 bits per heavy atom. The largest absolute Gasteiger partial charge is 0.324 e. The van der Waals surface area contributed by atoms with Crippen molar-refractivity contribution in [3.8, 4) is 0 Å². The van der Waals surface area contributed by atoms with E-state index in [1.807, 2.05) is 30.3 Å². The highest BCUT2D eigenvalue weighted by molar-refractivity contribution is 8.00. The van der Waals surface area contributed by atoms with Gasteiger partial charge in [0.15, 0.2) is 0 Å². The predicted molar refractivity (Wildman–Crippen MR) is 60.2 cm³/mol. The van der Waals surface area contributed by atoms with E-state index < -0.39 is 0 Å². The fourth-order valence-electron chi connectivity index (χ4n) is 1.03. The van der Waals surface area contributed by atoms with Crippen molar-refractivity contribution in [2.75, 3.05) is 4.72 Å². The second-order valence-electron chi connectivity index (χ2n) is 2.76. The summed E-state index contributed by atoms with van der Waals surface area (Å²) in [5.41, 5.74) is 1.02. The van der Waals surface area contributed by atoms with E-state index in [0.29, 0.717) is 0 Å². The quantitative estimate of drug-likeness (QED) is 0.774. The smallest absolute Gasteiger partial charge is 0.0628 e. The summed E-state index contributed by atoms with van der Waals surface area (Å²) < 4.78 is 3.22. The van der Waals surface area contributed by atoms with Crippen molar-refractivity contribution in [2.45, 2.75) is 4.90 Å². The SMILES string of the molecule is c1ccc(SNc2cccnc2)cc1. The summed E-state index contributed by atoms with van der Waals surface area (Å²) in [6, 6.07) is 14.1. The van der Waals surface area contributed by atoms with Gasteiger partial charge in [-0.25, -0.2) is 0 Å². The molecule has 1 N–H and O–H groups in total. The maximum absolute atomic E-state index is 4.02. The lowest BCUT2D eigenvalue weighted by molar-refractivity contribution is 1.33. The molecule has 0 amide bonds. The van der Waals surface area contributed by atoms with Gasteiger partial charge in [0, 0.05) is 11.1 Å². The first-order valence-corrected chi connectivity index (χ1v) is 5.15. The van der Waals surface area contributed by atoms with E-state index in [0.717, 1.165) is 5.69 Å². The van der Waals surface area contributed by atoms with Crippen molar-refractivity contribution in [3.05, 3.63) is 54.9 Å². The van der Waals surface area contributed by atoms with E-state index in [-0.39, 0.29) is 0 Å². The molecule has 1 heterocycles. The van der Waals surface area contributed by atoms with Gasteiger partial charge in [0.1, 0.15) is 0 Å². The van der Waals surface area contributed by atoms with Crippen molar-refractivity contribution in [1.29, 1.82) is 0 Å². The molecule has 0 unspecified atom stereocenters. The summed E-state index contributed by atoms with van der Waals surface area (Å²) in [7, 11) is 0. The Balaban J connectivity index is 1.96. The van der Waals surface area contributed by atoms with E-state index in [4.69, 9.17) is 0 Å². The number of nitrogens with zero attached hydrogens (tertiary/aromatic N) is 1. The second-order valence-corrected chi connectivity index (χ2v) is 3.64. The molecule has 70 valence electrons. The Hall–Kier alpha value is -1.48. The minimum Gasteiger partial charge on any atom is -0.324 e. The Kier molecular flexibility index (Phi) is 3.03. The molecule has 0 aliphatic heterocycles. The van der Waals surface area contributed by atoms with E-state index in [2.05, 4.69) is 21.8 Å². The zero-order chi connectivity index (χ0) is 9.64. The Labute approximate surface area is 87.5 Å². The number of nitrogens with one attached hydrogen (secondary N) is 1. The van der Waals surface area contributed by atoms with Crippen molar-refractivity contribution in [2.24, 2.45) is 0 Å². The fourth-order valence-corrected chi connectivity index (χ4v) is 1.68. The zero-order valence-electron chi connectivity index (χ0n) is 7.55. The van der Waals surface area contributed by atoms with Crippen LogP contribution in [0.1, 0.15) is 0 Å². The maximum Gasteiger partial charge on any atom is 0.0628 e. The van der Waals surface area contributed by atoms with E-state index >= 15 is 0 Å². The first kappa shape index (κ1) is 9.09. The molecule has 3 heteroatoms. The third-order valence-corrected chi connectivity index (χ3v) is 2.54. The van der Waals surface area contributed by atoms with Crippen LogP contribution in [0.4, 0.5) is 5.69 Å². The highest BCUT2D eigenvalue weighted by Gasteiger charge is 1.92.